The monoisotopic (exact) mass is 278 g/mol. The number of hydrogen-bond acceptors (Lipinski definition) is 3. The molecule has 2 amide bonds. The number of fused-ring (bicyclic) bond motifs is 2. The van der Waals surface area contributed by atoms with Crippen LogP contribution in [0.4, 0.5) is 5.69 Å². The molecule has 3 rings (SSSR count). The highest BCUT2D eigenvalue weighted by atomic mass is 16.2. The van der Waals surface area contributed by atoms with Crippen molar-refractivity contribution in [2.45, 2.75) is 13.8 Å². The predicted molar refractivity (Wildman–Crippen MR) is 83.1 cm³/mol. The van der Waals surface area contributed by atoms with Gasteiger partial charge in [0.25, 0.3) is 0 Å². The fourth-order valence-electron chi connectivity index (χ4n) is 2.60. The Bertz CT molecular complexity index is 803. The van der Waals surface area contributed by atoms with Crippen molar-refractivity contribution in [2.24, 2.45) is 0 Å². The molecule has 21 heavy (non-hydrogen) atoms. The minimum atomic E-state index is -0.302. The van der Waals surface area contributed by atoms with E-state index in [2.05, 4.69) is 4.98 Å². The maximum Gasteiger partial charge on any atom is 0.230 e. The van der Waals surface area contributed by atoms with E-state index in [-0.39, 0.29) is 11.8 Å². The number of anilines is 1. The first-order valence-corrected chi connectivity index (χ1v) is 6.68. The number of rotatable bonds is 1. The average molecular weight is 278 g/mol. The number of carbonyl (C=O) groups excluding carboxylic acids is 2. The second-order valence-corrected chi connectivity index (χ2v) is 4.87. The van der Waals surface area contributed by atoms with Crippen molar-refractivity contribution < 1.29 is 9.59 Å². The van der Waals surface area contributed by atoms with Crippen LogP contribution in [0.1, 0.15) is 13.8 Å². The standard InChI is InChI=1S/C17H14N2O2/c1-11(20)19(12(2)21)17-13-7-3-5-9-15(13)18-16-10-6-4-8-14(16)17/h3-10H,1-2H3. The van der Waals surface area contributed by atoms with E-state index < -0.39 is 0 Å². The molecular weight excluding hydrogens is 264 g/mol. The zero-order valence-corrected chi connectivity index (χ0v) is 11.8. The van der Waals surface area contributed by atoms with Gasteiger partial charge in [-0.1, -0.05) is 36.4 Å². The van der Waals surface area contributed by atoms with E-state index in [1.807, 2.05) is 48.5 Å². The zero-order valence-electron chi connectivity index (χ0n) is 11.8. The van der Waals surface area contributed by atoms with Crippen LogP contribution in [-0.2, 0) is 9.59 Å². The molecule has 0 saturated carbocycles. The molecule has 0 N–H and O–H groups in total. The first-order chi connectivity index (χ1) is 10.1. The molecule has 4 nitrogen and oxygen atoms in total. The second kappa shape index (κ2) is 4.98. The summed E-state index contributed by atoms with van der Waals surface area (Å²) in [4.78, 5) is 29.7. The first kappa shape index (κ1) is 13.2. The molecule has 0 unspecified atom stereocenters. The number of amides is 2. The molecule has 2 aromatic carbocycles. The normalized spacial score (nSPS) is 10.8. The molecule has 0 bridgehead atoms. The summed E-state index contributed by atoms with van der Waals surface area (Å²) in [6, 6.07) is 15.0. The highest BCUT2D eigenvalue weighted by Gasteiger charge is 2.21. The van der Waals surface area contributed by atoms with Gasteiger partial charge in [-0.2, -0.15) is 0 Å². The number of aromatic nitrogens is 1. The molecule has 0 spiro atoms. The molecule has 1 heterocycles. The third-order valence-corrected chi connectivity index (χ3v) is 3.41. The van der Waals surface area contributed by atoms with E-state index in [0.717, 1.165) is 21.8 Å². The fourth-order valence-corrected chi connectivity index (χ4v) is 2.60. The molecular formula is C17H14N2O2. The smallest absolute Gasteiger partial charge is 0.230 e. The molecule has 0 atom stereocenters. The van der Waals surface area contributed by atoms with Gasteiger partial charge >= 0.3 is 0 Å². The van der Waals surface area contributed by atoms with Gasteiger partial charge in [0.2, 0.25) is 11.8 Å². The van der Waals surface area contributed by atoms with Crippen LogP contribution in [0, 0.1) is 0 Å². The topological polar surface area (TPSA) is 50.3 Å². The summed E-state index contributed by atoms with van der Waals surface area (Å²) >= 11 is 0. The van der Waals surface area contributed by atoms with Crippen molar-refractivity contribution in [3.63, 3.8) is 0 Å². The quantitative estimate of drug-likeness (QED) is 0.642. The summed E-state index contributed by atoms with van der Waals surface area (Å²) in [6.45, 7) is 2.79. The van der Waals surface area contributed by atoms with Gasteiger partial charge in [0.05, 0.1) is 16.7 Å². The molecule has 104 valence electrons. The van der Waals surface area contributed by atoms with Crippen LogP contribution in [0.2, 0.25) is 0 Å². The lowest BCUT2D eigenvalue weighted by molar-refractivity contribution is -0.124. The Labute approximate surface area is 122 Å². The molecule has 3 aromatic rings. The number of hydrogen-bond donors (Lipinski definition) is 0. The van der Waals surface area contributed by atoms with Crippen molar-refractivity contribution in [2.75, 3.05) is 4.90 Å². The lowest BCUT2D eigenvalue weighted by Crippen LogP contribution is -2.33. The highest BCUT2D eigenvalue weighted by molar-refractivity contribution is 6.23. The van der Waals surface area contributed by atoms with Gasteiger partial charge in [-0.3, -0.25) is 9.59 Å². The minimum Gasteiger partial charge on any atom is -0.274 e. The maximum absolute atomic E-state index is 12.0. The molecule has 0 saturated heterocycles. The highest BCUT2D eigenvalue weighted by Crippen LogP contribution is 2.33. The Morgan fingerprint density at radius 1 is 0.810 bits per heavy atom. The van der Waals surface area contributed by atoms with E-state index in [9.17, 15) is 9.59 Å². The van der Waals surface area contributed by atoms with E-state index in [1.54, 1.807) is 0 Å². The summed E-state index contributed by atoms with van der Waals surface area (Å²) < 4.78 is 0. The van der Waals surface area contributed by atoms with Crippen molar-refractivity contribution in [1.29, 1.82) is 0 Å². The predicted octanol–water partition coefficient (Wildman–Crippen LogP) is 3.29. The van der Waals surface area contributed by atoms with Crippen LogP contribution in [0.15, 0.2) is 48.5 Å². The van der Waals surface area contributed by atoms with Crippen LogP contribution in [0.3, 0.4) is 0 Å². The summed E-state index contributed by atoms with van der Waals surface area (Å²) in [7, 11) is 0. The van der Waals surface area contributed by atoms with Crippen LogP contribution in [0.25, 0.3) is 21.8 Å². The number of imide groups is 1. The zero-order chi connectivity index (χ0) is 15.0. The first-order valence-electron chi connectivity index (χ1n) is 6.68. The SMILES string of the molecule is CC(=O)N(C(C)=O)c1c2ccccc2nc2ccccc12. The number of carbonyl (C=O) groups is 2. The molecule has 0 aliphatic rings. The van der Waals surface area contributed by atoms with Crippen molar-refractivity contribution in [1.82, 2.24) is 4.98 Å². The third kappa shape index (κ3) is 2.14. The van der Waals surface area contributed by atoms with E-state index in [1.165, 1.54) is 18.7 Å². The lowest BCUT2D eigenvalue weighted by Gasteiger charge is -2.21. The third-order valence-electron chi connectivity index (χ3n) is 3.41. The van der Waals surface area contributed by atoms with Crippen LogP contribution in [0.5, 0.6) is 0 Å². The number of para-hydroxylation sites is 2. The van der Waals surface area contributed by atoms with Crippen LogP contribution in [-0.4, -0.2) is 16.8 Å². The van der Waals surface area contributed by atoms with Gasteiger partial charge in [-0.05, 0) is 12.1 Å². The maximum atomic E-state index is 12.0. The van der Waals surface area contributed by atoms with E-state index >= 15 is 0 Å². The van der Waals surface area contributed by atoms with Crippen LogP contribution >= 0.6 is 0 Å². The molecule has 1 aromatic heterocycles. The van der Waals surface area contributed by atoms with Crippen molar-refractivity contribution >= 4 is 39.3 Å². The van der Waals surface area contributed by atoms with Crippen LogP contribution < -0.4 is 4.90 Å². The Balaban J connectivity index is 2.50. The minimum absolute atomic E-state index is 0.302. The Morgan fingerprint density at radius 2 is 1.24 bits per heavy atom. The number of benzene rings is 2. The number of nitrogens with zero attached hydrogens (tertiary/aromatic N) is 2. The van der Waals surface area contributed by atoms with Gasteiger partial charge < -0.3 is 0 Å². The van der Waals surface area contributed by atoms with E-state index in [4.69, 9.17) is 0 Å². The number of pyridine rings is 1. The largest absolute Gasteiger partial charge is 0.274 e. The molecule has 0 fully saturated rings. The van der Waals surface area contributed by atoms with Gasteiger partial charge in [0.1, 0.15) is 0 Å². The lowest BCUT2D eigenvalue weighted by atomic mass is 10.1. The Morgan fingerprint density at radius 3 is 1.67 bits per heavy atom. The van der Waals surface area contributed by atoms with Crippen molar-refractivity contribution in [3.05, 3.63) is 48.5 Å². The fraction of sp³-hybridized carbons (Fsp3) is 0.118. The summed E-state index contributed by atoms with van der Waals surface area (Å²) in [5.41, 5.74) is 2.13. The molecule has 0 aliphatic carbocycles. The van der Waals surface area contributed by atoms with Gasteiger partial charge in [0, 0.05) is 24.6 Å². The summed E-state index contributed by atoms with van der Waals surface area (Å²) in [6.07, 6.45) is 0. The molecule has 4 heteroatoms. The molecule has 0 aliphatic heterocycles. The molecule has 0 radical (unpaired) electrons. The average Bonchev–Trinajstić information content (AvgIpc) is 2.46. The Kier molecular flexibility index (Phi) is 3.14. The van der Waals surface area contributed by atoms with Gasteiger partial charge in [-0.25, -0.2) is 9.88 Å². The van der Waals surface area contributed by atoms with Gasteiger partial charge in [-0.15, -0.1) is 0 Å². The van der Waals surface area contributed by atoms with E-state index in [0.29, 0.717) is 5.69 Å². The van der Waals surface area contributed by atoms with Crippen molar-refractivity contribution in [3.8, 4) is 0 Å². The summed E-state index contributed by atoms with van der Waals surface area (Å²) in [5.74, 6) is -0.604. The van der Waals surface area contributed by atoms with Gasteiger partial charge in [0.15, 0.2) is 0 Å². The Hall–Kier alpha value is -2.75. The second-order valence-electron chi connectivity index (χ2n) is 4.87. The summed E-state index contributed by atoms with van der Waals surface area (Å²) in [5, 5.41) is 1.59.